The van der Waals surface area contributed by atoms with Gasteiger partial charge in [-0.05, 0) is 44.2 Å². The average molecular weight is 529 g/mol. The first-order valence-corrected chi connectivity index (χ1v) is 12.6. The van der Waals surface area contributed by atoms with Crippen LogP contribution in [-0.2, 0) is 9.53 Å². The van der Waals surface area contributed by atoms with Gasteiger partial charge in [-0.2, -0.15) is 0 Å². The zero-order chi connectivity index (χ0) is 26.6. The van der Waals surface area contributed by atoms with Crippen LogP contribution in [0.5, 0.6) is 5.75 Å². The van der Waals surface area contributed by atoms with Crippen LogP contribution in [0.4, 0.5) is 21.6 Å². The largest absolute Gasteiger partial charge is 0.486 e. The van der Waals surface area contributed by atoms with E-state index in [2.05, 4.69) is 48.5 Å². The number of nitrogens with zero attached hydrogens (tertiary/aromatic N) is 3. The van der Waals surface area contributed by atoms with E-state index in [1.807, 2.05) is 6.08 Å². The number of halogens is 2. The third kappa shape index (κ3) is 6.74. The van der Waals surface area contributed by atoms with Gasteiger partial charge in [0, 0.05) is 29.6 Å². The number of quaternary nitrogens is 1. The van der Waals surface area contributed by atoms with E-state index in [0.717, 1.165) is 10.9 Å². The lowest BCUT2D eigenvalue weighted by Crippen LogP contribution is -2.45. The predicted molar refractivity (Wildman–Crippen MR) is 144 cm³/mol. The highest BCUT2D eigenvalue weighted by Gasteiger charge is 2.21. The molecular formula is C27H32ClFN5O3+. The van der Waals surface area contributed by atoms with Gasteiger partial charge in [-0.1, -0.05) is 11.6 Å². The summed E-state index contributed by atoms with van der Waals surface area (Å²) in [6, 6.07) is 8.29. The van der Waals surface area contributed by atoms with E-state index in [1.165, 1.54) is 24.5 Å². The second kappa shape index (κ2) is 11.4. The molecule has 1 aliphatic rings. The molecule has 1 amide bonds. The zero-order valence-corrected chi connectivity index (χ0v) is 22.2. The number of benzene rings is 2. The molecule has 0 saturated carbocycles. The SMILES string of the molecule is CC(C)[N+](C)(C)C/C=C/C(=O)Nc1cc2c(Nc3ccc(F)c(Cl)c3)ncnc2cc1O[C@H]1CCOC1. The Labute approximate surface area is 221 Å². The Morgan fingerprint density at radius 3 is 2.81 bits per heavy atom. The summed E-state index contributed by atoms with van der Waals surface area (Å²) in [4.78, 5) is 21.6. The monoisotopic (exact) mass is 528 g/mol. The Balaban J connectivity index is 1.64. The number of ether oxygens (including phenoxy) is 2. The van der Waals surface area contributed by atoms with Crippen molar-refractivity contribution < 1.29 is 23.1 Å². The fourth-order valence-corrected chi connectivity index (χ4v) is 3.87. The Kier molecular flexibility index (Phi) is 8.26. The van der Waals surface area contributed by atoms with E-state index in [1.54, 1.807) is 18.2 Å². The van der Waals surface area contributed by atoms with Gasteiger partial charge in [0.2, 0.25) is 5.91 Å². The van der Waals surface area contributed by atoms with Crippen molar-refractivity contribution in [2.45, 2.75) is 32.4 Å². The summed E-state index contributed by atoms with van der Waals surface area (Å²) in [5.74, 6) is 0.196. The van der Waals surface area contributed by atoms with Crippen molar-refractivity contribution in [1.82, 2.24) is 9.97 Å². The number of aromatic nitrogens is 2. The minimum Gasteiger partial charge on any atom is -0.486 e. The smallest absolute Gasteiger partial charge is 0.248 e. The molecule has 1 fully saturated rings. The molecule has 2 aromatic carbocycles. The maximum Gasteiger partial charge on any atom is 0.248 e. The minimum absolute atomic E-state index is 0.00293. The molecule has 10 heteroatoms. The molecule has 1 aliphatic heterocycles. The number of carbonyl (C=O) groups excluding carboxylic acids is 1. The highest BCUT2D eigenvalue weighted by molar-refractivity contribution is 6.31. The normalized spacial score (nSPS) is 16.0. The summed E-state index contributed by atoms with van der Waals surface area (Å²) in [5.41, 5.74) is 1.67. The van der Waals surface area contributed by atoms with Crippen molar-refractivity contribution in [3.8, 4) is 5.75 Å². The minimum atomic E-state index is -0.508. The van der Waals surface area contributed by atoms with Crippen LogP contribution in [0.25, 0.3) is 10.9 Å². The lowest BCUT2D eigenvalue weighted by Gasteiger charge is -2.32. The molecule has 0 spiro atoms. The van der Waals surface area contributed by atoms with Crippen molar-refractivity contribution in [3.63, 3.8) is 0 Å². The summed E-state index contributed by atoms with van der Waals surface area (Å²) in [7, 11) is 4.24. The van der Waals surface area contributed by atoms with Gasteiger partial charge in [0.1, 0.15) is 29.8 Å². The maximum atomic E-state index is 13.6. The summed E-state index contributed by atoms with van der Waals surface area (Å²) >= 11 is 5.94. The first kappa shape index (κ1) is 26.8. The van der Waals surface area contributed by atoms with Gasteiger partial charge in [0.25, 0.3) is 0 Å². The summed E-state index contributed by atoms with van der Waals surface area (Å²) < 4.78 is 26.0. The van der Waals surface area contributed by atoms with E-state index in [9.17, 15) is 9.18 Å². The fraction of sp³-hybridized carbons (Fsp3) is 0.370. The molecule has 8 nitrogen and oxygen atoms in total. The second-order valence-electron chi connectivity index (χ2n) is 9.89. The number of anilines is 3. The van der Waals surface area contributed by atoms with E-state index >= 15 is 0 Å². The van der Waals surface area contributed by atoms with E-state index < -0.39 is 5.82 Å². The van der Waals surface area contributed by atoms with E-state index in [0.29, 0.717) is 59.6 Å². The molecule has 0 unspecified atom stereocenters. The number of likely N-dealkylation sites (N-methyl/N-ethyl adjacent to an activating group) is 1. The van der Waals surface area contributed by atoms with Crippen LogP contribution >= 0.6 is 11.6 Å². The van der Waals surface area contributed by atoms with Crippen molar-refractivity contribution in [2.75, 3.05) is 44.5 Å². The van der Waals surface area contributed by atoms with Crippen LogP contribution in [0.15, 0.2) is 48.8 Å². The van der Waals surface area contributed by atoms with Gasteiger partial charge in [0.05, 0.1) is 56.1 Å². The third-order valence-corrected chi connectivity index (χ3v) is 6.89. The number of rotatable bonds is 9. The van der Waals surface area contributed by atoms with Crippen LogP contribution in [0, 0.1) is 5.82 Å². The van der Waals surface area contributed by atoms with Crippen molar-refractivity contribution in [1.29, 1.82) is 0 Å². The molecule has 2 heterocycles. The molecule has 1 aromatic heterocycles. The molecule has 3 aromatic rings. The lowest BCUT2D eigenvalue weighted by atomic mass is 10.1. The van der Waals surface area contributed by atoms with E-state index in [-0.39, 0.29) is 17.0 Å². The zero-order valence-electron chi connectivity index (χ0n) is 21.4. The predicted octanol–water partition coefficient (Wildman–Crippen LogP) is 5.31. The first-order chi connectivity index (χ1) is 17.6. The Morgan fingerprint density at radius 1 is 1.30 bits per heavy atom. The Bertz CT molecular complexity index is 1310. The van der Waals surface area contributed by atoms with Crippen molar-refractivity contribution in [3.05, 3.63) is 59.7 Å². The molecule has 2 N–H and O–H groups in total. The molecule has 4 rings (SSSR count). The molecule has 1 atom stereocenters. The average Bonchev–Trinajstić information content (AvgIpc) is 3.35. The first-order valence-electron chi connectivity index (χ1n) is 12.2. The van der Waals surface area contributed by atoms with Crippen LogP contribution in [0.2, 0.25) is 5.02 Å². The molecule has 37 heavy (non-hydrogen) atoms. The molecular weight excluding hydrogens is 497 g/mol. The molecule has 0 radical (unpaired) electrons. The van der Waals surface area contributed by atoms with Gasteiger partial charge in [-0.3, -0.25) is 4.79 Å². The maximum absolute atomic E-state index is 13.6. The summed E-state index contributed by atoms with van der Waals surface area (Å²) in [5, 5.41) is 6.75. The van der Waals surface area contributed by atoms with Crippen LogP contribution < -0.4 is 15.4 Å². The van der Waals surface area contributed by atoms with Crippen molar-refractivity contribution in [2.24, 2.45) is 0 Å². The van der Waals surface area contributed by atoms with Gasteiger partial charge < -0.3 is 24.6 Å². The van der Waals surface area contributed by atoms with Gasteiger partial charge >= 0.3 is 0 Å². The number of nitrogens with one attached hydrogen (secondary N) is 2. The number of carbonyl (C=O) groups is 1. The fourth-order valence-electron chi connectivity index (χ4n) is 3.69. The van der Waals surface area contributed by atoms with Crippen molar-refractivity contribution >= 4 is 45.6 Å². The number of fused-ring (bicyclic) bond motifs is 1. The topological polar surface area (TPSA) is 85.4 Å². The summed E-state index contributed by atoms with van der Waals surface area (Å²) in [6.45, 7) is 6.12. The Morgan fingerprint density at radius 2 is 2.11 bits per heavy atom. The lowest BCUT2D eigenvalue weighted by molar-refractivity contribution is -0.905. The molecule has 0 bridgehead atoms. The molecule has 1 saturated heterocycles. The van der Waals surface area contributed by atoms with Crippen LogP contribution in [0.3, 0.4) is 0 Å². The highest BCUT2D eigenvalue weighted by atomic mass is 35.5. The van der Waals surface area contributed by atoms with Crippen LogP contribution in [0.1, 0.15) is 20.3 Å². The standard InChI is InChI=1S/C27H31ClFN5O3/c1-17(2)34(3,4)10-5-6-26(35)33-24-13-20-23(14-25(24)37-19-9-11-36-15-19)30-16-31-27(20)32-18-7-8-22(29)21(28)12-18/h5-8,12-14,16-17,19H,9-11,15H2,1-4H3,(H-,30,31,32,33,35)/p+1/b6-5+/t19-/m0/s1. The number of hydrogen-bond donors (Lipinski definition) is 2. The second-order valence-corrected chi connectivity index (χ2v) is 10.3. The van der Waals surface area contributed by atoms with Gasteiger partial charge in [-0.25, -0.2) is 14.4 Å². The van der Waals surface area contributed by atoms with Gasteiger partial charge in [0.15, 0.2) is 0 Å². The van der Waals surface area contributed by atoms with Crippen LogP contribution in [-0.4, -0.2) is 66.4 Å². The highest BCUT2D eigenvalue weighted by Crippen LogP contribution is 2.35. The summed E-state index contributed by atoms with van der Waals surface area (Å²) in [6.07, 6.45) is 5.48. The molecule has 196 valence electrons. The quantitative estimate of drug-likeness (QED) is 0.289. The van der Waals surface area contributed by atoms with E-state index in [4.69, 9.17) is 21.1 Å². The Hall–Kier alpha value is -3.27. The van der Waals surface area contributed by atoms with Gasteiger partial charge in [-0.15, -0.1) is 0 Å². The number of amides is 1. The number of hydrogen-bond acceptors (Lipinski definition) is 6. The molecule has 0 aliphatic carbocycles. The third-order valence-electron chi connectivity index (χ3n) is 6.60.